The lowest BCUT2D eigenvalue weighted by molar-refractivity contribution is -0.275. The minimum absolute atomic E-state index is 0.528. The molecule has 1 atom stereocenters. The molecule has 160 valence electrons. The van der Waals surface area contributed by atoms with Crippen molar-refractivity contribution in [2.75, 3.05) is 0 Å². The zero-order valence-electron chi connectivity index (χ0n) is 17.1. The van der Waals surface area contributed by atoms with Gasteiger partial charge >= 0.3 is 6.36 Å². The van der Waals surface area contributed by atoms with Gasteiger partial charge < -0.3 is 4.74 Å². The summed E-state index contributed by atoms with van der Waals surface area (Å²) in [6, 6.07) is 11.2. The summed E-state index contributed by atoms with van der Waals surface area (Å²) in [6.07, 6.45) is 3.56. The number of benzene rings is 2. The average molecular weight is 418 g/mol. The van der Waals surface area contributed by atoms with E-state index in [1.807, 2.05) is 24.3 Å². The van der Waals surface area contributed by atoms with Gasteiger partial charge in [0.1, 0.15) is 0 Å². The zero-order chi connectivity index (χ0) is 21.7. The normalized spacial score (nSPS) is 16.8. The predicted molar refractivity (Wildman–Crippen MR) is 113 cm³/mol. The van der Waals surface area contributed by atoms with Crippen molar-refractivity contribution >= 4 is 5.57 Å². The Kier molecular flexibility index (Phi) is 7.01. The van der Waals surface area contributed by atoms with Gasteiger partial charge in [0.15, 0.2) is 11.6 Å². The van der Waals surface area contributed by atoms with Gasteiger partial charge in [0.25, 0.3) is 0 Å². The summed E-state index contributed by atoms with van der Waals surface area (Å²) in [4.78, 5) is 0. The fourth-order valence-electron chi connectivity index (χ4n) is 3.87. The lowest BCUT2D eigenvalue weighted by Crippen LogP contribution is -2.17. The van der Waals surface area contributed by atoms with E-state index in [0.717, 1.165) is 61.8 Å². The van der Waals surface area contributed by atoms with E-state index in [9.17, 15) is 17.6 Å². The highest BCUT2D eigenvalue weighted by molar-refractivity contribution is 5.81. The van der Waals surface area contributed by atoms with E-state index in [1.54, 1.807) is 0 Å². The van der Waals surface area contributed by atoms with Gasteiger partial charge in [-0.3, -0.25) is 0 Å². The van der Waals surface area contributed by atoms with Crippen molar-refractivity contribution in [2.45, 2.75) is 51.8 Å². The van der Waals surface area contributed by atoms with Crippen molar-refractivity contribution in [1.82, 2.24) is 0 Å². The van der Waals surface area contributed by atoms with Crippen molar-refractivity contribution < 1.29 is 22.3 Å². The van der Waals surface area contributed by atoms with E-state index in [4.69, 9.17) is 0 Å². The minimum atomic E-state index is -4.92. The number of hydrogen-bond acceptors (Lipinski definition) is 1. The van der Waals surface area contributed by atoms with Crippen LogP contribution in [0.2, 0.25) is 0 Å². The standard InChI is InChI=1S/C25H26F4O/c1-3-17(2)8-9-18-10-12-19(13-11-18)21-6-4-5-7-22(21)20-14-15-24(23(26)16-20)30-25(27,28)29/h4-7,12,14-16,18H,2-3,8-11,13H2,1H3. The summed E-state index contributed by atoms with van der Waals surface area (Å²) in [5.74, 6) is -1.22. The first kappa shape index (κ1) is 22.1. The van der Waals surface area contributed by atoms with E-state index < -0.39 is 17.9 Å². The van der Waals surface area contributed by atoms with Gasteiger partial charge in [-0.25, -0.2) is 4.39 Å². The monoisotopic (exact) mass is 418 g/mol. The Hall–Kier alpha value is -2.56. The maximum atomic E-state index is 14.2. The Morgan fingerprint density at radius 2 is 1.87 bits per heavy atom. The molecule has 2 aromatic rings. The van der Waals surface area contributed by atoms with Gasteiger partial charge in [-0.1, -0.05) is 55.5 Å². The molecule has 30 heavy (non-hydrogen) atoms. The highest BCUT2D eigenvalue weighted by atomic mass is 19.4. The van der Waals surface area contributed by atoms with Gasteiger partial charge in [-0.15, -0.1) is 13.2 Å². The van der Waals surface area contributed by atoms with Crippen molar-refractivity contribution in [3.63, 3.8) is 0 Å². The first-order chi connectivity index (χ1) is 14.3. The Balaban J connectivity index is 1.79. The van der Waals surface area contributed by atoms with Gasteiger partial charge in [-0.2, -0.15) is 0 Å². The molecule has 0 saturated carbocycles. The Labute approximate surface area is 175 Å². The molecule has 0 spiro atoms. The summed E-state index contributed by atoms with van der Waals surface area (Å²) >= 11 is 0. The first-order valence-electron chi connectivity index (χ1n) is 10.3. The average Bonchev–Trinajstić information content (AvgIpc) is 2.73. The molecule has 0 aliphatic heterocycles. The molecule has 0 bridgehead atoms. The summed E-state index contributed by atoms with van der Waals surface area (Å²) in [5.41, 5.74) is 4.82. The molecule has 0 amide bonds. The SMILES string of the molecule is C=C(CC)CCC1CC=C(c2ccccc2-c2ccc(OC(F)(F)F)c(F)c2)CC1. The lowest BCUT2D eigenvalue weighted by Gasteiger charge is -2.24. The third-order valence-corrected chi connectivity index (χ3v) is 5.67. The van der Waals surface area contributed by atoms with E-state index in [2.05, 4.69) is 24.3 Å². The molecule has 2 aromatic carbocycles. The van der Waals surface area contributed by atoms with Crippen LogP contribution in [0.15, 0.2) is 60.7 Å². The number of alkyl halides is 3. The first-order valence-corrected chi connectivity index (χ1v) is 10.3. The molecular weight excluding hydrogens is 392 g/mol. The number of allylic oxidation sites excluding steroid dienone is 3. The van der Waals surface area contributed by atoms with Gasteiger partial charge in [0, 0.05) is 0 Å². The van der Waals surface area contributed by atoms with Crippen LogP contribution in [0.1, 0.15) is 51.0 Å². The fourth-order valence-corrected chi connectivity index (χ4v) is 3.87. The second-order valence-electron chi connectivity index (χ2n) is 7.75. The Morgan fingerprint density at radius 3 is 2.47 bits per heavy atom. The largest absolute Gasteiger partial charge is 0.573 e. The summed E-state index contributed by atoms with van der Waals surface area (Å²) in [7, 11) is 0. The van der Waals surface area contributed by atoms with Crippen LogP contribution in [0.4, 0.5) is 17.6 Å². The molecule has 0 radical (unpaired) electrons. The summed E-state index contributed by atoms with van der Waals surface area (Å²) in [5, 5.41) is 0. The van der Waals surface area contributed by atoms with Crippen molar-refractivity contribution in [3.05, 3.63) is 72.1 Å². The number of halogens is 4. The Morgan fingerprint density at radius 1 is 1.13 bits per heavy atom. The van der Waals surface area contributed by atoms with Crippen LogP contribution in [0.5, 0.6) is 5.75 Å². The van der Waals surface area contributed by atoms with Crippen LogP contribution >= 0.6 is 0 Å². The molecule has 3 rings (SSSR count). The second kappa shape index (κ2) is 9.50. The molecule has 5 heteroatoms. The quantitative estimate of drug-likeness (QED) is 0.324. The van der Waals surface area contributed by atoms with Crippen molar-refractivity contribution in [3.8, 4) is 16.9 Å². The Bertz CT molecular complexity index is 927. The topological polar surface area (TPSA) is 9.23 Å². The maximum Gasteiger partial charge on any atom is 0.573 e. The van der Waals surface area contributed by atoms with Gasteiger partial charge in [0.05, 0.1) is 0 Å². The van der Waals surface area contributed by atoms with E-state index in [1.165, 1.54) is 17.2 Å². The molecule has 1 aliphatic rings. The molecule has 1 unspecified atom stereocenters. The minimum Gasteiger partial charge on any atom is -0.403 e. The van der Waals surface area contributed by atoms with Crippen LogP contribution in [-0.2, 0) is 0 Å². The zero-order valence-corrected chi connectivity index (χ0v) is 17.1. The second-order valence-corrected chi connectivity index (χ2v) is 7.75. The third-order valence-electron chi connectivity index (χ3n) is 5.67. The van der Waals surface area contributed by atoms with Crippen molar-refractivity contribution in [1.29, 1.82) is 0 Å². The molecule has 0 fully saturated rings. The molecule has 0 saturated heterocycles. The molecule has 0 heterocycles. The maximum absolute atomic E-state index is 14.2. The summed E-state index contributed by atoms with van der Waals surface area (Å²) in [6.45, 7) is 6.21. The van der Waals surface area contributed by atoms with Crippen LogP contribution in [0.3, 0.4) is 0 Å². The van der Waals surface area contributed by atoms with E-state index >= 15 is 0 Å². The van der Waals surface area contributed by atoms with Crippen LogP contribution in [-0.4, -0.2) is 6.36 Å². The van der Waals surface area contributed by atoms with Crippen LogP contribution in [0.25, 0.3) is 16.7 Å². The fraction of sp³-hybridized carbons (Fsp3) is 0.360. The van der Waals surface area contributed by atoms with Crippen LogP contribution < -0.4 is 4.74 Å². The molecule has 0 N–H and O–H groups in total. The summed E-state index contributed by atoms with van der Waals surface area (Å²) < 4.78 is 55.2. The predicted octanol–water partition coefficient (Wildman–Crippen LogP) is 8.32. The molecule has 1 nitrogen and oxygen atoms in total. The lowest BCUT2D eigenvalue weighted by atomic mass is 9.82. The smallest absolute Gasteiger partial charge is 0.403 e. The number of ether oxygens (including phenoxy) is 1. The highest BCUT2D eigenvalue weighted by Gasteiger charge is 2.32. The van der Waals surface area contributed by atoms with Gasteiger partial charge in [0.2, 0.25) is 0 Å². The highest BCUT2D eigenvalue weighted by Crippen LogP contribution is 2.38. The number of rotatable bonds is 7. The number of hydrogen-bond donors (Lipinski definition) is 0. The van der Waals surface area contributed by atoms with Crippen LogP contribution in [0, 0.1) is 11.7 Å². The van der Waals surface area contributed by atoms with Crippen molar-refractivity contribution in [2.24, 2.45) is 5.92 Å². The molecule has 1 aliphatic carbocycles. The van der Waals surface area contributed by atoms with Gasteiger partial charge in [-0.05, 0) is 78.8 Å². The molecule has 0 aromatic heterocycles. The van der Waals surface area contributed by atoms with E-state index in [0.29, 0.717) is 11.5 Å². The molecular formula is C25H26F4O. The third kappa shape index (κ3) is 5.74. The van der Waals surface area contributed by atoms with E-state index in [-0.39, 0.29) is 0 Å².